The molecular weight excluding hydrogens is 362 g/mol. The van der Waals surface area contributed by atoms with E-state index in [9.17, 15) is 0 Å². The molecule has 0 spiro atoms. The normalized spacial score (nSPS) is 15.9. The zero-order chi connectivity index (χ0) is 18.6. The fourth-order valence-corrected chi connectivity index (χ4v) is 3.42. The van der Waals surface area contributed by atoms with Gasteiger partial charge in [-0.25, -0.2) is 0 Å². The average molecular weight is 384 g/mol. The number of hydrogen-bond donors (Lipinski definition) is 0. The molecule has 27 heavy (non-hydrogen) atoms. The quantitative estimate of drug-likeness (QED) is 0.673. The van der Waals surface area contributed by atoms with E-state index < -0.39 is 0 Å². The highest BCUT2D eigenvalue weighted by Gasteiger charge is 2.19. The molecule has 1 aliphatic rings. The van der Waals surface area contributed by atoms with Gasteiger partial charge in [0.25, 0.3) is 0 Å². The Morgan fingerprint density at radius 3 is 2.41 bits per heavy atom. The first-order valence-corrected chi connectivity index (χ1v) is 9.47. The van der Waals surface area contributed by atoms with E-state index >= 15 is 0 Å². The molecular formula is C20H22ClN5O. The van der Waals surface area contributed by atoms with Gasteiger partial charge in [-0.15, -0.1) is 0 Å². The van der Waals surface area contributed by atoms with E-state index in [0.29, 0.717) is 23.3 Å². The van der Waals surface area contributed by atoms with Crippen LogP contribution in [0, 0.1) is 6.92 Å². The summed E-state index contributed by atoms with van der Waals surface area (Å²) >= 11 is 5.93. The molecule has 3 heterocycles. The Kier molecular flexibility index (Phi) is 5.48. The summed E-state index contributed by atoms with van der Waals surface area (Å²) in [6.45, 7) is 7.72. The van der Waals surface area contributed by atoms with Gasteiger partial charge < -0.3 is 4.52 Å². The van der Waals surface area contributed by atoms with Crippen LogP contribution >= 0.6 is 11.6 Å². The first-order valence-electron chi connectivity index (χ1n) is 9.09. The number of piperazine rings is 1. The summed E-state index contributed by atoms with van der Waals surface area (Å²) in [5.74, 6) is 1.25. The number of aromatic nitrogens is 3. The molecule has 0 radical (unpaired) electrons. The summed E-state index contributed by atoms with van der Waals surface area (Å²) in [5.41, 5.74) is 3.39. The van der Waals surface area contributed by atoms with E-state index in [2.05, 4.69) is 37.9 Å². The molecule has 0 aliphatic carbocycles. The van der Waals surface area contributed by atoms with Crippen molar-refractivity contribution < 1.29 is 4.52 Å². The van der Waals surface area contributed by atoms with Crippen LogP contribution in [0.5, 0.6) is 0 Å². The van der Waals surface area contributed by atoms with Crippen LogP contribution in [0.1, 0.15) is 17.0 Å². The monoisotopic (exact) mass is 383 g/mol. The lowest BCUT2D eigenvalue weighted by atomic mass is 10.2. The first kappa shape index (κ1) is 18.1. The summed E-state index contributed by atoms with van der Waals surface area (Å²) in [6.07, 6.45) is 3.85. The Balaban J connectivity index is 1.30. The zero-order valence-corrected chi connectivity index (χ0v) is 16.1. The van der Waals surface area contributed by atoms with Crippen molar-refractivity contribution in [3.8, 4) is 11.4 Å². The summed E-state index contributed by atoms with van der Waals surface area (Å²) in [5, 5.41) is 4.78. The summed E-state index contributed by atoms with van der Waals surface area (Å²) < 4.78 is 5.43. The lowest BCUT2D eigenvalue weighted by Gasteiger charge is -2.33. The van der Waals surface area contributed by atoms with Crippen LogP contribution in [-0.2, 0) is 13.1 Å². The molecule has 140 valence electrons. The van der Waals surface area contributed by atoms with Crippen LogP contribution in [0.2, 0.25) is 5.02 Å². The molecule has 3 aromatic rings. The zero-order valence-electron chi connectivity index (χ0n) is 15.3. The van der Waals surface area contributed by atoms with Crippen LogP contribution in [-0.4, -0.2) is 51.1 Å². The summed E-state index contributed by atoms with van der Waals surface area (Å²) in [7, 11) is 0. The number of benzene rings is 1. The molecule has 1 aliphatic heterocycles. The first-order chi connectivity index (χ1) is 13.2. The Morgan fingerprint density at radius 1 is 1.00 bits per heavy atom. The third kappa shape index (κ3) is 4.71. The molecule has 1 aromatic carbocycles. The van der Waals surface area contributed by atoms with Crippen molar-refractivity contribution in [1.82, 2.24) is 24.9 Å². The number of aryl methyl sites for hydroxylation is 1. The maximum atomic E-state index is 5.93. The molecule has 0 atom stereocenters. The van der Waals surface area contributed by atoms with Gasteiger partial charge in [0.1, 0.15) is 0 Å². The van der Waals surface area contributed by atoms with Crippen LogP contribution in [0.15, 0.2) is 47.2 Å². The Hall–Kier alpha value is -2.28. The number of rotatable bonds is 5. The van der Waals surface area contributed by atoms with Gasteiger partial charge >= 0.3 is 0 Å². The lowest BCUT2D eigenvalue weighted by Crippen LogP contribution is -2.45. The Bertz CT molecular complexity index is 887. The minimum atomic E-state index is 0.604. The molecule has 0 unspecified atom stereocenters. The topological polar surface area (TPSA) is 58.3 Å². The fourth-order valence-electron chi connectivity index (χ4n) is 3.29. The number of halogens is 1. The summed E-state index contributed by atoms with van der Waals surface area (Å²) in [6, 6.07) is 9.66. The van der Waals surface area contributed by atoms with E-state index in [1.807, 2.05) is 36.7 Å². The van der Waals surface area contributed by atoms with Gasteiger partial charge in [0.2, 0.25) is 11.7 Å². The number of pyridine rings is 1. The van der Waals surface area contributed by atoms with E-state index in [-0.39, 0.29) is 0 Å². The predicted molar refractivity (Wildman–Crippen MR) is 104 cm³/mol. The maximum Gasteiger partial charge on any atom is 0.241 e. The second-order valence-corrected chi connectivity index (χ2v) is 7.38. The number of hydrogen-bond acceptors (Lipinski definition) is 6. The van der Waals surface area contributed by atoms with Crippen LogP contribution < -0.4 is 0 Å². The lowest BCUT2D eigenvalue weighted by molar-refractivity contribution is 0.112. The highest BCUT2D eigenvalue weighted by molar-refractivity contribution is 6.30. The molecule has 7 heteroatoms. The van der Waals surface area contributed by atoms with Gasteiger partial charge in [-0.05, 0) is 42.3 Å². The summed E-state index contributed by atoms with van der Waals surface area (Å²) in [4.78, 5) is 13.6. The van der Waals surface area contributed by atoms with Gasteiger partial charge in [0, 0.05) is 55.7 Å². The molecule has 0 amide bonds. The molecule has 1 saturated heterocycles. The van der Waals surface area contributed by atoms with Crippen molar-refractivity contribution in [3.05, 3.63) is 64.8 Å². The standard InChI is InChI=1S/C20H22ClN5O/c1-15-10-16(12-22-11-15)13-25-6-8-26(9-7-25)14-19-23-20(24-27-19)17-2-4-18(21)5-3-17/h2-5,10-12H,6-9,13-14H2,1H3. The second kappa shape index (κ2) is 8.17. The average Bonchev–Trinajstić information content (AvgIpc) is 3.12. The molecule has 0 saturated carbocycles. The molecule has 0 N–H and O–H groups in total. The molecule has 4 rings (SSSR count). The smallest absolute Gasteiger partial charge is 0.241 e. The molecule has 1 fully saturated rings. The van der Waals surface area contributed by atoms with Crippen molar-refractivity contribution in [2.24, 2.45) is 0 Å². The van der Waals surface area contributed by atoms with Gasteiger partial charge in [0.15, 0.2) is 0 Å². The fraction of sp³-hybridized carbons (Fsp3) is 0.350. The minimum Gasteiger partial charge on any atom is -0.338 e. The van der Waals surface area contributed by atoms with E-state index in [1.165, 1.54) is 11.1 Å². The van der Waals surface area contributed by atoms with E-state index in [4.69, 9.17) is 16.1 Å². The molecule has 0 bridgehead atoms. The van der Waals surface area contributed by atoms with E-state index in [0.717, 1.165) is 38.3 Å². The van der Waals surface area contributed by atoms with Crippen molar-refractivity contribution in [2.75, 3.05) is 26.2 Å². The molecule has 2 aromatic heterocycles. The maximum absolute atomic E-state index is 5.93. The van der Waals surface area contributed by atoms with Crippen LogP contribution in [0.25, 0.3) is 11.4 Å². The van der Waals surface area contributed by atoms with Gasteiger partial charge in [-0.3, -0.25) is 14.8 Å². The van der Waals surface area contributed by atoms with Crippen LogP contribution in [0.3, 0.4) is 0 Å². The predicted octanol–water partition coefficient (Wildman–Crippen LogP) is 3.41. The van der Waals surface area contributed by atoms with Crippen LogP contribution in [0.4, 0.5) is 0 Å². The van der Waals surface area contributed by atoms with Crippen molar-refractivity contribution in [3.63, 3.8) is 0 Å². The highest BCUT2D eigenvalue weighted by atomic mass is 35.5. The van der Waals surface area contributed by atoms with Crippen molar-refractivity contribution in [1.29, 1.82) is 0 Å². The minimum absolute atomic E-state index is 0.604. The Morgan fingerprint density at radius 2 is 1.70 bits per heavy atom. The largest absolute Gasteiger partial charge is 0.338 e. The second-order valence-electron chi connectivity index (χ2n) is 6.94. The number of nitrogens with zero attached hydrogens (tertiary/aromatic N) is 5. The SMILES string of the molecule is Cc1cncc(CN2CCN(Cc3nc(-c4ccc(Cl)cc4)no3)CC2)c1. The highest BCUT2D eigenvalue weighted by Crippen LogP contribution is 2.19. The third-order valence-electron chi connectivity index (χ3n) is 4.73. The Labute approximate surface area is 163 Å². The van der Waals surface area contributed by atoms with Gasteiger partial charge in [-0.1, -0.05) is 22.8 Å². The molecule has 6 nitrogen and oxygen atoms in total. The van der Waals surface area contributed by atoms with Crippen molar-refractivity contribution in [2.45, 2.75) is 20.0 Å². The van der Waals surface area contributed by atoms with Gasteiger partial charge in [-0.2, -0.15) is 4.98 Å². The van der Waals surface area contributed by atoms with Gasteiger partial charge in [0.05, 0.1) is 6.54 Å². The van der Waals surface area contributed by atoms with E-state index in [1.54, 1.807) is 0 Å². The third-order valence-corrected chi connectivity index (χ3v) is 4.98. The van der Waals surface area contributed by atoms with Crippen molar-refractivity contribution >= 4 is 11.6 Å².